The molecule has 6 heteroatoms. The number of imide groups is 1. The minimum atomic E-state index is -0.478. The van der Waals surface area contributed by atoms with Crippen LogP contribution >= 0.6 is 22.9 Å². The van der Waals surface area contributed by atoms with Gasteiger partial charge in [-0.15, -0.1) is 11.3 Å². The first-order chi connectivity index (χ1) is 9.06. The summed E-state index contributed by atoms with van der Waals surface area (Å²) in [6, 6.07) is 4.89. The molecule has 0 spiro atoms. The summed E-state index contributed by atoms with van der Waals surface area (Å²) in [5, 5.41) is 6.42. The zero-order chi connectivity index (χ0) is 13.6. The van der Waals surface area contributed by atoms with Gasteiger partial charge < -0.3 is 5.32 Å². The maximum Gasteiger partial charge on any atom is 0.324 e. The zero-order valence-electron chi connectivity index (χ0n) is 10.1. The summed E-state index contributed by atoms with van der Waals surface area (Å²) < 4.78 is 1.13. The second-order valence-electron chi connectivity index (χ2n) is 4.50. The molecule has 98 valence electrons. The predicted molar refractivity (Wildman–Crippen MR) is 75.6 cm³/mol. The van der Waals surface area contributed by atoms with E-state index in [1.54, 1.807) is 11.3 Å². The summed E-state index contributed by atoms with van der Waals surface area (Å²) in [4.78, 5) is 24.4. The number of thiophene rings is 1. The number of carbonyl (C=O) groups excluding carboxylic acids is 2. The zero-order valence-corrected chi connectivity index (χ0v) is 11.7. The Kier molecular flexibility index (Phi) is 2.95. The van der Waals surface area contributed by atoms with Gasteiger partial charge in [0.05, 0.1) is 0 Å². The summed E-state index contributed by atoms with van der Waals surface area (Å²) >= 11 is 7.61. The minimum Gasteiger partial charge on any atom is -0.325 e. The number of hydrogen-bond donors (Lipinski definition) is 1. The minimum absolute atomic E-state index is 0.189. The quantitative estimate of drug-likeness (QED) is 0.866. The van der Waals surface area contributed by atoms with Crippen LogP contribution in [0.15, 0.2) is 23.6 Å². The van der Waals surface area contributed by atoms with Gasteiger partial charge in [0.1, 0.15) is 6.04 Å². The van der Waals surface area contributed by atoms with Crippen LogP contribution in [0.25, 0.3) is 10.1 Å². The molecule has 0 bridgehead atoms. The summed E-state index contributed by atoms with van der Waals surface area (Å²) in [7, 11) is 1.49. The van der Waals surface area contributed by atoms with Crippen molar-refractivity contribution in [3.8, 4) is 0 Å². The van der Waals surface area contributed by atoms with Gasteiger partial charge in [0, 0.05) is 23.2 Å². The number of urea groups is 1. The lowest BCUT2D eigenvalue weighted by Crippen LogP contribution is -2.31. The maximum absolute atomic E-state index is 11.9. The van der Waals surface area contributed by atoms with Crippen LogP contribution in [0.3, 0.4) is 0 Å². The van der Waals surface area contributed by atoms with Gasteiger partial charge in [-0.25, -0.2) is 4.79 Å². The van der Waals surface area contributed by atoms with Crippen molar-refractivity contribution in [1.82, 2.24) is 10.2 Å². The molecule has 0 saturated carbocycles. The summed E-state index contributed by atoms with van der Waals surface area (Å²) in [5.74, 6) is -0.189. The lowest BCUT2D eigenvalue weighted by molar-refractivity contribution is -0.126. The number of halogens is 1. The lowest BCUT2D eigenvalue weighted by Gasteiger charge is -2.07. The Hall–Kier alpha value is -1.59. The molecule has 4 nitrogen and oxygen atoms in total. The van der Waals surface area contributed by atoms with Crippen LogP contribution in [-0.4, -0.2) is 29.9 Å². The van der Waals surface area contributed by atoms with Crippen molar-refractivity contribution in [1.29, 1.82) is 0 Å². The highest BCUT2D eigenvalue weighted by Gasteiger charge is 2.35. The number of carbonyl (C=O) groups is 2. The van der Waals surface area contributed by atoms with Crippen molar-refractivity contribution in [3.05, 3.63) is 34.2 Å². The Morgan fingerprint density at radius 3 is 2.89 bits per heavy atom. The number of rotatable bonds is 2. The molecule has 1 aromatic carbocycles. The number of amides is 3. The monoisotopic (exact) mass is 294 g/mol. The van der Waals surface area contributed by atoms with Crippen molar-refractivity contribution in [2.45, 2.75) is 12.5 Å². The van der Waals surface area contributed by atoms with E-state index in [0.29, 0.717) is 11.4 Å². The van der Waals surface area contributed by atoms with E-state index in [-0.39, 0.29) is 11.9 Å². The second-order valence-corrected chi connectivity index (χ2v) is 5.85. The fraction of sp³-hybridized carbons (Fsp3) is 0.231. The van der Waals surface area contributed by atoms with Crippen molar-refractivity contribution >= 4 is 45.0 Å². The van der Waals surface area contributed by atoms with Gasteiger partial charge in [-0.2, -0.15) is 0 Å². The molecule has 1 unspecified atom stereocenters. The third kappa shape index (κ3) is 2.09. The fourth-order valence-corrected chi connectivity index (χ4v) is 3.34. The van der Waals surface area contributed by atoms with Gasteiger partial charge in [0.2, 0.25) is 0 Å². The van der Waals surface area contributed by atoms with E-state index in [1.807, 2.05) is 23.6 Å². The Balaban J connectivity index is 1.92. The van der Waals surface area contributed by atoms with E-state index in [9.17, 15) is 9.59 Å². The first-order valence-corrected chi connectivity index (χ1v) is 7.05. The van der Waals surface area contributed by atoms with Crippen LogP contribution < -0.4 is 5.32 Å². The van der Waals surface area contributed by atoms with Gasteiger partial charge in [0.25, 0.3) is 5.91 Å². The van der Waals surface area contributed by atoms with Gasteiger partial charge in [-0.1, -0.05) is 11.6 Å². The normalized spacial score (nSPS) is 19.3. The molecule has 1 N–H and O–H groups in total. The van der Waals surface area contributed by atoms with Crippen LogP contribution in [0.5, 0.6) is 0 Å². The molecule has 3 amide bonds. The van der Waals surface area contributed by atoms with Crippen molar-refractivity contribution in [2.75, 3.05) is 7.05 Å². The summed E-state index contributed by atoms with van der Waals surface area (Å²) in [6.45, 7) is 0. The average molecular weight is 295 g/mol. The van der Waals surface area contributed by atoms with Crippen LogP contribution in [0.1, 0.15) is 5.56 Å². The highest BCUT2D eigenvalue weighted by atomic mass is 35.5. The first-order valence-electron chi connectivity index (χ1n) is 5.80. The predicted octanol–water partition coefficient (Wildman–Crippen LogP) is 2.65. The Bertz CT molecular complexity index is 682. The van der Waals surface area contributed by atoms with E-state index >= 15 is 0 Å². The van der Waals surface area contributed by atoms with Gasteiger partial charge in [-0.3, -0.25) is 9.69 Å². The number of hydrogen-bond acceptors (Lipinski definition) is 3. The number of likely N-dealkylation sites (N-methyl/N-ethyl adjacent to an activating group) is 1. The molecule has 1 aromatic heterocycles. The van der Waals surface area contributed by atoms with E-state index in [4.69, 9.17) is 11.6 Å². The fourth-order valence-electron chi connectivity index (χ4n) is 2.21. The Morgan fingerprint density at radius 1 is 1.42 bits per heavy atom. The molecule has 1 atom stereocenters. The molecule has 0 radical (unpaired) electrons. The highest BCUT2D eigenvalue weighted by molar-refractivity contribution is 7.17. The van der Waals surface area contributed by atoms with Gasteiger partial charge in [0.15, 0.2) is 0 Å². The molecule has 2 heterocycles. The molecule has 1 fully saturated rings. The Morgan fingerprint density at radius 2 is 2.21 bits per heavy atom. The topological polar surface area (TPSA) is 49.4 Å². The van der Waals surface area contributed by atoms with E-state index < -0.39 is 6.04 Å². The number of nitrogens with zero attached hydrogens (tertiary/aromatic N) is 1. The van der Waals surface area contributed by atoms with Gasteiger partial charge >= 0.3 is 6.03 Å². The van der Waals surface area contributed by atoms with E-state index in [1.165, 1.54) is 7.05 Å². The molecule has 0 aliphatic carbocycles. The molecule has 1 aliphatic rings. The first kappa shape index (κ1) is 12.4. The molecular formula is C13H11ClN2O2S. The molecule has 19 heavy (non-hydrogen) atoms. The van der Waals surface area contributed by atoms with Crippen molar-refractivity contribution in [3.63, 3.8) is 0 Å². The Labute approximate surface area is 119 Å². The standard InChI is InChI=1S/C13H11ClN2O2S/c1-16-12(17)10(15-13(16)18)4-7-6-19-11-3-2-8(14)5-9(7)11/h2-3,5-6,10H,4H2,1H3,(H,15,18). The largest absolute Gasteiger partial charge is 0.325 e. The van der Waals surface area contributed by atoms with Crippen LogP contribution in [0.4, 0.5) is 4.79 Å². The number of benzene rings is 1. The third-order valence-corrected chi connectivity index (χ3v) is 4.52. The highest BCUT2D eigenvalue weighted by Crippen LogP contribution is 2.30. The lowest BCUT2D eigenvalue weighted by atomic mass is 10.1. The smallest absolute Gasteiger partial charge is 0.324 e. The van der Waals surface area contributed by atoms with Gasteiger partial charge in [-0.05, 0) is 34.5 Å². The maximum atomic E-state index is 11.9. The molecule has 1 saturated heterocycles. The van der Waals surface area contributed by atoms with Crippen LogP contribution in [0, 0.1) is 0 Å². The number of fused-ring (bicyclic) bond motifs is 1. The van der Waals surface area contributed by atoms with Crippen molar-refractivity contribution < 1.29 is 9.59 Å². The van der Waals surface area contributed by atoms with E-state index in [2.05, 4.69) is 5.32 Å². The number of nitrogens with one attached hydrogen (secondary N) is 1. The van der Waals surface area contributed by atoms with E-state index in [0.717, 1.165) is 20.5 Å². The third-order valence-electron chi connectivity index (χ3n) is 3.27. The second kappa shape index (κ2) is 4.51. The summed E-state index contributed by atoms with van der Waals surface area (Å²) in [5.41, 5.74) is 1.04. The average Bonchev–Trinajstić information content (AvgIpc) is 2.88. The van der Waals surface area contributed by atoms with Crippen molar-refractivity contribution in [2.24, 2.45) is 0 Å². The SMILES string of the molecule is CN1C(=O)NC(Cc2csc3ccc(Cl)cc23)C1=O. The molecule has 3 rings (SSSR count). The molecule has 1 aliphatic heterocycles. The van der Waals surface area contributed by atoms with Crippen LogP contribution in [0.2, 0.25) is 5.02 Å². The molecule has 2 aromatic rings. The van der Waals surface area contributed by atoms with Crippen LogP contribution in [-0.2, 0) is 11.2 Å². The molecular weight excluding hydrogens is 284 g/mol. The summed E-state index contributed by atoms with van der Waals surface area (Å²) in [6.07, 6.45) is 0.495.